The third-order valence-corrected chi connectivity index (χ3v) is 5.76. The van der Waals surface area contributed by atoms with Crippen molar-refractivity contribution < 1.29 is 14.4 Å². The Balaban J connectivity index is 1.78. The number of aryl methyl sites for hydroxylation is 1. The number of hydrazine groups is 1. The fourth-order valence-corrected chi connectivity index (χ4v) is 3.84. The second-order valence-electron chi connectivity index (χ2n) is 7.80. The fraction of sp³-hybridized carbons (Fsp3) is 0.231. The van der Waals surface area contributed by atoms with Crippen LogP contribution < -0.4 is 10.9 Å². The number of carbonyl (C=O) groups is 3. The fourth-order valence-electron chi connectivity index (χ4n) is 3.35. The molecule has 0 saturated heterocycles. The number of allylic oxidation sites excluding steroid dienone is 1. The minimum Gasteiger partial charge on any atom is -0.340 e. The molecule has 0 aliphatic rings. The average molecular weight is 477 g/mol. The van der Waals surface area contributed by atoms with Crippen LogP contribution in [0.25, 0.3) is 17.2 Å². The minimum absolute atomic E-state index is 0.0591. The maximum Gasteiger partial charge on any atom is 0.266 e. The molecular formula is C26H28N4O3S. The Kier molecular flexibility index (Phi) is 9.37. The highest BCUT2D eigenvalue weighted by Crippen LogP contribution is 2.25. The van der Waals surface area contributed by atoms with Gasteiger partial charge in [0.2, 0.25) is 0 Å². The Bertz CT molecular complexity index is 1160. The zero-order chi connectivity index (χ0) is 24.3. The van der Waals surface area contributed by atoms with Crippen molar-refractivity contribution in [3.05, 3.63) is 84.0 Å². The van der Waals surface area contributed by atoms with Crippen LogP contribution in [0.1, 0.15) is 28.0 Å². The highest BCUT2D eigenvalue weighted by atomic mass is 32.2. The van der Waals surface area contributed by atoms with Crippen LogP contribution in [-0.4, -0.2) is 45.6 Å². The van der Waals surface area contributed by atoms with Crippen LogP contribution in [0.3, 0.4) is 0 Å². The molecule has 1 aromatic heterocycles. The Labute approximate surface area is 203 Å². The largest absolute Gasteiger partial charge is 0.340 e. The summed E-state index contributed by atoms with van der Waals surface area (Å²) in [6.45, 7) is 0. The number of carbonyl (C=O) groups excluding carboxylic acids is 3. The molecule has 0 aliphatic carbocycles. The predicted molar refractivity (Wildman–Crippen MR) is 136 cm³/mol. The highest BCUT2D eigenvalue weighted by Gasteiger charge is 2.15. The van der Waals surface area contributed by atoms with E-state index in [1.165, 1.54) is 6.08 Å². The topological polar surface area (TPSA) is 93.1 Å². The standard InChI is InChI=1S/C26H28N4O3S/c1-30-16-22(27-18-30)15-23(32)10-8-19-9-11-24(25(14-19)20-6-4-3-5-7-20)26(33)29-28-21(17-31)12-13-34-2/h3-11,14,16-18,21,28H,12-13,15H2,1-2H3,(H,29,33)/t21-/m1/s1. The molecule has 0 bridgehead atoms. The van der Waals surface area contributed by atoms with Crippen molar-refractivity contribution in [3.63, 3.8) is 0 Å². The maximum absolute atomic E-state index is 12.9. The first-order chi connectivity index (χ1) is 16.5. The molecule has 176 valence electrons. The Morgan fingerprint density at radius 2 is 1.97 bits per heavy atom. The van der Waals surface area contributed by atoms with Crippen molar-refractivity contribution in [2.45, 2.75) is 18.9 Å². The van der Waals surface area contributed by atoms with Crippen LogP contribution in [0.4, 0.5) is 0 Å². The molecule has 0 fully saturated rings. The predicted octanol–water partition coefficient (Wildman–Crippen LogP) is 3.47. The summed E-state index contributed by atoms with van der Waals surface area (Å²) in [6.07, 6.45) is 10.4. The molecule has 0 saturated carbocycles. The van der Waals surface area contributed by atoms with Gasteiger partial charge in [0.15, 0.2) is 5.78 Å². The summed E-state index contributed by atoms with van der Waals surface area (Å²) in [7, 11) is 1.86. The molecule has 1 heterocycles. The smallest absolute Gasteiger partial charge is 0.266 e. The Morgan fingerprint density at radius 1 is 1.18 bits per heavy atom. The molecular weight excluding hydrogens is 448 g/mol. The van der Waals surface area contributed by atoms with Crippen molar-refractivity contribution in [1.29, 1.82) is 0 Å². The Hall–Kier alpha value is -3.49. The van der Waals surface area contributed by atoms with E-state index >= 15 is 0 Å². The lowest BCUT2D eigenvalue weighted by Crippen LogP contribution is -2.45. The molecule has 34 heavy (non-hydrogen) atoms. The van der Waals surface area contributed by atoms with Crippen LogP contribution in [0, 0.1) is 0 Å². The van der Waals surface area contributed by atoms with Crippen LogP contribution in [0.15, 0.2) is 67.1 Å². The summed E-state index contributed by atoms with van der Waals surface area (Å²) in [5, 5.41) is 0. The molecule has 0 spiro atoms. The summed E-state index contributed by atoms with van der Waals surface area (Å²) in [4.78, 5) is 40.7. The van der Waals surface area contributed by atoms with E-state index in [2.05, 4.69) is 15.8 Å². The summed E-state index contributed by atoms with van der Waals surface area (Å²) >= 11 is 1.64. The second-order valence-corrected chi connectivity index (χ2v) is 8.79. The lowest BCUT2D eigenvalue weighted by Gasteiger charge is -2.15. The lowest BCUT2D eigenvalue weighted by molar-refractivity contribution is -0.114. The number of benzene rings is 2. The molecule has 0 unspecified atom stereocenters. The number of nitrogens with one attached hydrogen (secondary N) is 2. The number of ketones is 1. The van der Waals surface area contributed by atoms with Crippen LogP contribution in [-0.2, 0) is 23.1 Å². The molecule has 7 nitrogen and oxygen atoms in total. The third kappa shape index (κ3) is 7.26. The summed E-state index contributed by atoms with van der Waals surface area (Å²) < 4.78 is 1.80. The molecule has 2 N–H and O–H groups in total. The van der Waals surface area contributed by atoms with Crippen molar-refractivity contribution in [3.8, 4) is 11.1 Å². The van der Waals surface area contributed by atoms with Gasteiger partial charge in [-0.2, -0.15) is 11.8 Å². The van der Waals surface area contributed by atoms with Crippen molar-refractivity contribution in [2.24, 2.45) is 7.05 Å². The Morgan fingerprint density at radius 3 is 2.65 bits per heavy atom. The molecule has 3 aromatic rings. The van der Waals surface area contributed by atoms with Gasteiger partial charge in [0, 0.05) is 18.8 Å². The second kappa shape index (κ2) is 12.7. The van der Waals surface area contributed by atoms with E-state index in [1.54, 1.807) is 40.9 Å². The zero-order valence-electron chi connectivity index (χ0n) is 19.2. The van der Waals surface area contributed by atoms with Gasteiger partial charge in [0.25, 0.3) is 5.91 Å². The maximum atomic E-state index is 12.9. The number of thioether (sulfide) groups is 1. The van der Waals surface area contributed by atoms with Crippen molar-refractivity contribution >= 4 is 35.8 Å². The number of amides is 1. The normalized spacial score (nSPS) is 11.9. The van der Waals surface area contributed by atoms with E-state index in [0.29, 0.717) is 17.7 Å². The van der Waals surface area contributed by atoms with E-state index in [1.807, 2.05) is 55.9 Å². The van der Waals surface area contributed by atoms with Gasteiger partial charge in [-0.1, -0.05) is 42.5 Å². The molecule has 3 rings (SSSR count). The van der Waals surface area contributed by atoms with E-state index in [4.69, 9.17) is 0 Å². The number of aromatic nitrogens is 2. The van der Waals surface area contributed by atoms with Gasteiger partial charge in [-0.25, -0.2) is 10.4 Å². The van der Waals surface area contributed by atoms with Crippen LogP contribution >= 0.6 is 11.8 Å². The summed E-state index contributed by atoms with van der Waals surface area (Å²) in [6, 6.07) is 14.5. The lowest BCUT2D eigenvalue weighted by atomic mass is 9.96. The molecule has 2 aromatic carbocycles. The van der Waals surface area contributed by atoms with Crippen molar-refractivity contribution in [1.82, 2.24) is 20.4 Å². The molecule has 0 aliphatic heterocycles. The quantitative estimate of drug-likeness (QED) is 0.236. The van der Waals surface area contributed by atoms with Gasteiger partial charge >= 0.3 is 0 Å². The van der Waals surface area contributed by atoms with Crippen LogP contribution in [0.5, 0.6) is 0 Å². The van der Waals surface area contributed by atoms with Gasteiger partial charge in [-0.3, -0.25) is 15.0 Å². The van der Waals surface area contributed by atoms with Crippen molar-refractivity contribution in [2.75, 3.05) is 12.0 Å². The SMILES string of the molecule is CSCC[C@H](C=O)NNC(=O)c1ccc(C=CC(=O)Cc2cn(C)cn2)cc1-c1ccccc1. The van der Waals surface area contributed by atoms with Crippen LogP contribution in [0.2, 0.25) is 0 Å². The molecule has 0 radical (unpaired) electrons. The average Bonchev–Trinajstić information content (AvgIpc) is 3.27. The van der Waals surface area contributed by atoms with Gasteiger partial charge in [-0.05, 0) is 53.3 Å². The van der Waals surface area contributed by atoms with E-state index in [9.17, 15) is 14.4 Å². The van der Waals surface area contributed by atoms with Gasteiger partial charge in [0.1, 0.15) is 6.29 Å². The highest BCUT2D eigenvalue weighted by molar-refractivity contribution is 7.98. The first-order valence-electron chi connectivity index (χ1n) is 10.9. The van der Waals surface area contributed by atoms with Gasteiger partial charge in [-0.15, -0.1) is 0 Å². The summed E-state index contributed by atoms with van der Waals surface area (Å²) in [5.41, 5.74) is 9.04. The van der Waals surface area contributed by atoms with E-state index in [0.717, 1.165) is 28.7 Å². The third-order valence-electron chi connectivity index (χ3n) is 5.12. The number of imidazole rings is 1. The first-order valence-corrected chi connectivity index (χ1v) is 12.3. The van der Waals surface area contributed by atoms with Gasteiger partial charge in [0.05, 0.1) is 24.5 Å². The van der Waals surface area contributed by atoms with Gasteiger partial charge < -0.3 is 9.36 Å². The van der Waals surface area contributed by atoms with E-state index < -0.39 is 6.04 Å². The monoisotopic (exact) mass is 476 g/mol. The number of hydrogen-bond donors (Lipinski definition) is 2. The first kappa shape index (κ1) is 25.1. The number of hydrogen-bond acceptors (Lipinski definition) is 6. The van der Waals surface area contributed by atoms with E-state index in [-0.39, 0.29) is 18.1 Å². The molecule has 1 amide bonds. The molecule has 8 heteroatoms. The zero-order valence-corrected chi connectivity index (χ0v) is 20.0. The minimum atomic E-state index is -0.455. The number of aldehydes is 1. The summed E-state index contributed by atoms with van der Waals surface area (Å²) in [5.74, 6) is 0.412. The number of rotatable bonds is 12. The number of nitrogens with zero attached hydrogens (tertiary/aromatic N) is 2. The molecule has 1 atom stereocenters.